The molecular weight excluding hydrogens is 506 g/mol. The van der Waals surface area contributed by atoms with Gasteiger partial charge in [0.2, 0.25) is 17.7 Å². The summed E-state index contributed by atoms with van der Waals surface area (Å²) < 4.78 is -0.649. The number of aliphatic hydroxyl groups excluding tert-OH is 1. The summed E-state index contributed by atoms with van der Waals surface area (Å²) in [6.45, 7) is 9.19. The number of hydrogen-bond acceptors (Lipinski definition) is 5. The van der Waals surface area contributed by atoms with Crippen LogP contribution < -0.4 is 10.6 Å². The van der Waals surface area contributed by atoms with Gasteiger partial charge in [-0.1, -0.05) is 56.5 Å². The van der Waals surface area contributed by atoms with Crippen LogP contribution in [0.4, 0.5) is 0 Å². The van der Waals surface area contributed by atoms with Gasteiger partial charge in [-0.3, -0.25) is 14.4 Å². The van der Waals surface area contributed by atoms with Crippen molar-refractivity contribution in [2.75, 3.05) is 19.7 Å². The van der Waals surface area contributed by atoms with Crippen molar-refractivity contribution in [3.63, 3.8) is 0 Å². The zero-order chi connectivity index (χ0) is 24.3. The zero-order valence-electron chi connectivity index (χ0n) is 20.3. The van der Waals surface area contributed by atoms with E-state index in [9.17, 15) is 19.5 Å². The van der Waals surface area contributed by atoms with Crippen molar-refractivity contribution in [3.05, 3.63) is 0 Å². The quantitative estimate of drug-likeness (QED) is 0.258. The van der Waals surface area contributed by atoms with Gasteiger partial charge in [0.25, 0.3) is 0 Å². The fourth-order valence-corrected chi connectivity index (χ4v) is 9.53. The number of thioether (sulfide) groups is 1. The van der Waals surface area contributed by atoms with Gasteiger partial charge < -0.3 is 20.6 Å². The molecule has 3 heterocycles. The van der Waals surface area contributed by atoms with E-state index in [-0.39, 0.29) is 40.3 Å². The Bertz CT molecular complexity index is 738. The van der Waals surface area contributed by atoms with Crippen LogP contribution in [0.5, 0.6) is 0 Å². The molecule has 3 aliphatic heterocycles. The van der Waals surface area contributed by atoms with Crippen LogP contribution in [0, 0.1) is 17.8 Å². The summed E-state index contributed by atoms with van der Waals surface area (Å²) >= 11 is 5.43. The Kier molecular flexibility index (Phi) is 9.17. The van der Waals surface area contributed by atoms with E-state index in [2.05, 4.69) is 47.3 Å². The van der Waals surface area contributed by atoms with Crippen molar-refractivity contribution in [1.29, 1.82) is 0 Å². The van der Waals surface area contributed by atoms with Crippen molar-refractivity contribution in [3.8, 4) is 0 Å². The van der Waals surface area contributed by atoms with Crippen LogP contribution in [-0.4, -0.2) is 74.3 Å². The fraction of sp³-hybridized carbons (Fsp3) is 0.875. The van der Waals surface area contributed by atoms with E-state index < -0.39 is 28.7 Å². The molecule has 0 radical (unpaired) electrons. The number of hydrogen-bond donors (Lipinski definition) is 3. The molecule has 3 amide bonds. The number of nitrogens with one attached hydrogen (secondary N) is 2. The molecule has 33 heavy (non-hydrogen) atoms. The van der Waals surface area contributed by atoms with Gasteiger partial charge in [-0.05, 0) is 31.6 Å². The normalized spacial score (nSPS) is 33.5. The maximum atomic E-state index is 14.0. The highest BCUT2D eigenvalue weighted by molar-refractivity contribution is 9.09. The monoisotopic (exact) mass is 545 g/mol. The van der Waals surface area contributed by atoms with Crippen molar-refractivity contribution < 1.29 is 19.5 Å². The largest absolute Gasteiger partial charge is 0.394 e. The molecule has 7 atom stereocenters. The Hall–Kier alpha value is -0.800. The highest BCUT2D eigenvalue weighted by Crippen LogP contribution is 2.68. The number of carbonyl (C=O) groups is 3. The maximum absolute atomic E-state index is 14.0. The summed E-state index contributed by atoms with van der Waals surface area (Å²) in [5, 5.41) is 16.3. The van der Waals surface area contributed by atoms with Crippen LogP contribution in [0.25, 0.3) is 0 Å². The van der Waals surface area contributed by atoms with Crippen molar-refractivity contribution in [2.45, 2.75) is 93.1 Å². The van der Waals surface area contributed by atoms with Crippen LogP contribution in [0.1, 0.15) is 66.2 Å². The van der Waals surface area contributed by atoms with E-state index in [1.807, 2.05) is 6.92 Å². The first-order valence-electron chi connectivity index (χ1n) is 12.5. The summed E-state index contributed by atoms with van der Waals surface area (Å²) in [7, 11) is 0. The molecule has 0 aliphatic carbocycles. The molecule has 7 nitrogen and oxygen atoms in total. The van der Waals surface area contributed by atoms with E-state index in [0.717, 1.165) is 25.7 Å². The SMILES string of the molecule is CCCCCNC(=O)C1N([C@@H](CO)CC(C)C)C(=O)[C@@H]2[C@@H](C(=O)NCCC)[C@@H]3SC12CC3Br. The smallest absolute Gasteiger partial charge is 0.244 e. The van der Waals surface area contributed by atoms with Crippen LogP contribution in [0.2, 0.25) is 0 Å². The Balaban J connectivity index is 1.97. The highest BCUT2D eigenvalue weighted by atomic mass is 79.9. The average Bonchev–Trinajstić information content (AvgIpc) is 3.36. The van der Waals surface area contributed by atoms with E-state index >= 15 is 0 Å². The molecule has 3 aliphatic rings. The molecule has 3 N–H and O–H groups in total. The molecule has 9 heteroatoms. The molecule has 1 spiro atoms. The number of fused-ring (bicyclic) bond motifs is 1. The summed E-state index contributed by atoms with van der Waals surface area (Å²) in [6.07, 6.45) is 5.10. The van der Waals surface area contributed by atoms with Gasteiger partial charge in [0.05, 0.1) is 29.2 Å². The first-order valence-corrected chi connectivity index (χ1v) is 14.3. The summed E-state index contributed by atoms with van der Waals surface area (Å²) in [5.41, 5.74) is 0. The minimum absolute atomic E-state index is 0.0361. The number of alkyl halides is 1. The Morgan fingerprint density at radius 3 is 2.48 bits per heavy atom. The molecule has 3 saturated heterocycles. The van der Waals surface area contributed by atoms with E-state index in [1.165, 1.54) is 0 Å². The number of amides is 3. The lowest BCUT2D eigenvalue weighted by Gasteiger charge is -2.37. The molecule has 3 unspecified atom stereocenters. The summed E-state index contributed by atoms with van der Waals surface area (Å²) in [4.78, 5) is 42.5. The van der Waals surface area contributed by atoms with Crippen LogP contribution in [0.3, 0.4) is 0 Å². The lowest BCUT2D eigenvalue weighted by Crippen LogP contribution is -2.57. The molecule has 0 aromatic rings. The molecule has 0 aromatic heterocycles. The Labute approximate surface area is 210 Å². The third-order valence-corrected chi connectivity index (χ3v) is 10.5. The Morgan fingerprint density at radius 1 is 1.18 bits per heavy atom. The van der Waals surface area contributed by atoms with Gasteiger partial charge in [0.15, 0.2) is 0 Å². The standard InChI is InChI=1S/C24H40BrN3O4S/c1-5-7-8-10-27-22(31)20-24-12-16(25)19(33-24)17(21(30)26-9-6-2)18(24)23(32)28(20)15(13-29)11-14(3)4/h14-20,29H,5-13H2,1-4H3,(H,26,30)(H,27,31)/t15-,16?,17-,18+,19-,20?,24?/m1/s1. The van der Waals surface area contributed by atoms with Crippen molar-refractivity contribution in [1.82, 2.24) is 15.5 Å². The molecule has 2 bridgehead atoms. The molecule has 0 aromatic carbocycles. The number of halogens is 1. The van der Waals surface area contributed by atoms with Crippen molar-refractivity contribution in [2.24, 2.45) is 17.8 Å². The van der Waals surface area contributed by atoms with Gasteiger partial charge in [-0.15, -0.1) is 11.8 Å². The average molecular weight is 547 g/mol. The second-order valence-corrected chi connectivity index (χ2v) is 12.9. The van der Waals surface area contributed by atoms with E-state index in [1.54, 1.807) is 16.7 Å². The van der Waals surface area contributed by atoms with Gasteiger partial charge >= 0.3 is 0 Å². The highest BCUT2D eigenvalue weighted by Gasteiger charge is 2.76. The van der Waals surface area contributed by atoms with E-state index in [0.29, 0.717) is 25.9 Å². The van der Waals surface area contributed by atoms with Crippen molar-refractivity contribution >= 4 is 45.4 Å². The second kappa shape index (κ2) is 11.3. The van der Waals surface area contributed by atoms with Crippen LogP contribution >= 0.6 is 27.7 Å². The first kappa shape index (κ1) is 26.8. The molecule has 3 fully saturated rings. The number of likely N-dealkylation sites (tertiary alicyclic amines) is 1. The predicted octanol–water partition coefficient (Wildman–Crippen LogP) is 2.69. The topological polar surface area (TPSA) is 98.7 Å². The molecule has 188 valence electrons. The van der Waals surface area contributed by atoms with Gasteiger partial charge in [-0.2, -0.15) is 0 Å². The first-order chi connectivity index (χ1) is 15.7. The number of unbranched alkanes of at least 4 members (excludes halogenated alkanes) is 2. The number of rotatable bonds is 12. The summed E-state index contributed by atoms with van der Waals surface area (Å²) in [6, 6.07) is -1.11. The number of aliphatic hydroxyl groups is 1. The number of carbonyl (C=O) groups excluding carboxylic acids is 3. The third kappa shape index (κ3) is 4.96. The lowest BCUT2D eigenvalue weighted by molar-refractivity contribution is -0.143. The predicted molar refractivity (Wildman–Crippen MR) is 135 cm³/mol. The lowest BCUT2D eigenvalue weighted by atomic mass is 9.70. The third-order valence-electron chi connectivity index (χ3n) is 7.25. The van der Waals surface area contributed by atoms with Crippen LogP contribution in [0.15, 0.2) is 0 Å². The van der Waals surface area contributed by atoms with Gasteiger partial charge in [0, 0.05) is 23.2 Å². The minimum Gasteiger partial charge on any atom is -0.394 e. The van der Waals surface area contributed by atoms with Gasteiger partial charge in [0.1, 0.15) is 6.04 Å². The molecule has 0 saturated carbocycles. The second-order valence-electron chi connectivity index (χ2n) is 10.2. The zero-order valence-corrected chi connectivity index (χ0v) is 22.7. The molecule has 3 rings (SSSR count). The number of nitrogens with zero attached hydrogens (tertiary/aromatic N) is 1. The molecular formula is C24H40BrN3O4S. The van der Waals surface area contributed by atoms with Crippen LogP contribution in [-0.2, 0) is 14.4 Å². The minimum atomic E-state index is -0.674. The fourth-order valence-electron chi connectivity index (χ4n) is 5.93. The van der Waals surface area contributed by atoms with E-state index in [4.69, 9.17) is 0 Å². The summed E-state index contributed by atoms with van der Waals surface area (Å²) in [5.74, 6) is -1.12. The van der Waals surface area contributed by atoms with Gasteiger partial charge in [-0.25, -0.2) is 0 Å². The Morgan fingerprint density at radius 2 is 1.88 bits per heavy atom. The maximum Gasteiger partial charge on any atom is 0.244 e.